The van der Waals surface area contributed by atoms with Crippen LogP contribution in [-0.2, 0) is 6.42 Å². The van der Waals surface area contributed by atoms with E-state index < -0.39 is 17.7 Å². The molecule has 1 rings (SSSR count). The summed E-state index contributed by atoms with van der Waals surface area (Å²) in [6, 6.07) is 2.48. The van der Waals surface area contributed by atoms with Gasteiger partial charge in [0, 0.05) is 0 Å². The average Bonchev–Trinajstić information content (AvgIpc) is 2.22. The number of aliphatic hydroxyl groups excluding tert-OH is 1. The Hall–Kier alpha value is -1.16. The van der Waals surface area contributed by atoms with Crippen LogP contribution in [0.1, 0.15) is 18.9 Å². The highest BCUT2D eigenvalue weighted by atomic mass is 19.2. The third kappa shape index (κ3) is 2.89. The van der Waals surface area contributed by atoms with Gasteiger partial charge in [-0.25, -0.2) is 4.39 Å². The molecule has 84 valence electrons. The van der Waals surface area contributed by atoms with Gasteiger partial charge in [-0.15, -0.1) is 0 Å². The van der Waals surface area contributed by atoms with Crippen LogP contribution in [0.15, 0.2) is 12.1 Å². The SMILES string of the molecule is CC[C@H](O)Cc1cc(F)c(F)c(OC)c1. The standard InChI is InChI=1S/C11H14F2O2/c1-3-8(14)4-7-5-9(12)11(13)10(6-7)15-2/h5-6,8,14H,3-4H2,1-2H3/t8-/m0/s1. The molecule has 2 nitrogen and oxygen atoms in total. The second-order valence-electron chi connectivity index (χ2n) is 3.36. The van der Waals surface area contributed by atoms with Crippen molar-refractivity contribution in [2.75, 3.05) is 7.11 Å². The molecule has 0 fully saturated rings. The van der Waals surface area contributed by atoms with Crippen molar-refractivity contribution in [3.63, 3.8) is 0 Å². The summed E-state index contributed by atoms with van der Waals surface area (Å²) < 4.78 is 30.8. The minimum absolute atomic E-state index is 0.131. The quantitative estimate of drug-likeness (QED) is 0.836. The van der Waals surface area contributed by atoms with Gasteiger partial charge in [0.05, 0.1) is 13.2 Å². The van der Waals surface area contributed by atoms with Gasteiger partial charge >= 0.3 is 0 Å². The molecule has 0 amide bonds. The van der Waals surface area contributed by atoms with Gasteiger partial charge in [0.1, 0.15) is 0 Å². The van der Waals surface area contributed by atoms with E-state index in [0.717, 1.165) is 6.07 Å². The first-order valence-electron chi connectivity index (χ1n) is 4.78. The van der Waals surface area contributed by atoms with Crippen LogP contribution in [0.3, 0.4) is 0 Å². The zero-order valence-corrected chi connectivity index (χ0v) is 8.76. The summed E-state index contributed by atoms with van der Waals surface area (Å²) in [4.78, 5) is 0. The van der Waals surface area contributed by atoms with Crippen LogP contribution in [0, 0.1) is 11.6 Å². The summed E-state index contributed by atoms with van der Waals surface area (Å²) in [7, 11) is 1.28. The van der Waals surface area contributed by atoms with Crippen LogP contribution in [0.4, 0.5) is 8.78 Å². The summed E-state index contributed by atoms with van der Waals surface area (Å²) in [5.41, 5.74) is 0.528. The van der Waals surface area contributed by atoms with E-state index in [2.05, 4.69) is 4.74 Å². The molecular weight excluding hydrogens is 202 g/mol. The Morgan fingerprint density at radius 1 is 1.40 bits per heavy atom. The molecule has 1 atom stereocenters. The molecule has 0 saturated heterocycles. The molecule has 0 aliphatic heterocycles. The first-order valence-corrected chi connectivity index (χ1v) is 4.78. The van der Waals surface area contributed by atoms with Crippen molar-refractivity contribution < 1.29 is 18.6 Å². The Morgan fingerprint density at radius 3 is 2.60 bits per heavy atom. The maximum atomic E-state index is 13.0. The second-order valence-corrected chi connectivity index (χ2v) is 3.36. The predicted octanol–water partition coefficient (Wildman–Crippen LogP) is 2.29. The lowest BCUT2D eigenvalue weighted by molar-refractivity contribution is 0.170. The minimum Gasteiger partial charge on any atom is -0.494 e. The Morgan fingerprint density at radius 2 is 2.07 bits per heavy atom. The molecule has 0 aromatic heterocycles. The lowest BCUT2D eigenvalue weighted by atomic mass is 10.1. The monoisotopic (exact) mass is 216 g/mol. The molecule has 0 aliphatic rings. The number of methoxy groups -OCH3 is 1. The zero-order chi connectivity index (χ0) is 11.4. The molecule has 0 aliphatic carbocycles. The van der Waals surface area contributed by atoms with Gasteiger partial charge in [-0.1, -0.05) is 6.92 Å². The van der Waals surface area contributed by atoms with Crippen molar-refractivity contribution in [3.8, 4) is 5.75 Å². The highest BCUT2D eigenvalue weighted by Gasteiger charge is 2.12. The van der Waals surface area contributed by atoms with E-state index in [-0.39, 0.29) is 5.75 Å². The maximum Gasteiger partial charge on any atom is 0.200 e. The number of hydrogen-bond acceptors (Lipinski definition) is 2. The van der Waals surface area contributed by atoms with E-state index in [1.165, 1.54) is 13.2 Å². The van der Waals surface area contributed by atoms with Crippen molar-refractivity contribution in [1.29, 1.82) is 0 Å². The maximum absolute atomic E-state index is 13.0. The van der Waals surface area contributed by atoms with E-state index in [4.69, 9.17) is 0 Å². The van der Waals surface area contributed by atoms with Gasteiger partial charge in [0.15, 0.2) is 11.6 Å². The highest BCUT2D eigenvalue weighted by molar-refractivity contribution is 5.31. The van der Waals surface area contributed by atoms with Gasteiger partial charge in [-0.05, 0) is 30.5 Å². The zero-order valence-electron chi connectivity index (χ0n) is 8.76. The fraction of sp³-hybridized carbons (Fsp3) is 0.455. The molecule has 0 unspecified atom stereocenters. The molecule has 1 aromatic rings. The third-order valence-electron chi connectivity index (χ3n) is 2.22. The summed E-state index contributed by atoms with van der Waals surface area (Å²) in [5, 5.41) is 9.38. The number of benzene rings is 1. The van der Waals surface area contributed by atoms with Crippen molar-refractivity contribution in [2.45, 2.75) is 25.9 Å². The summed E-state index contributed by atoms with van der Waals surface area (Å²) in [6.07, 6.45) is 0.324. The Bertz CT molecular complexity index is 340. The molecule has 15 heavy (non-hydrogen) atoms. The Kier molecular flexibility index (Phi) is 4.03. The lowest BCUT2D eigenvalue weighted by Gasteiger charge is -2.10. The first kappa shape index (κ1) is 11.9. The molecule has 1 aromatic carbocycles. The van der Waals surface area contributed by atoms with Gasteiger partial charge in [-0.2, -0.15) is 4.39 Å². The molecule has 1 N–H and O–H groups in total. The Balaban J connectivity index is 2.95. The number of aliphatic hydroxyl groups is 1. The van der Waals surface area contributed by atoms with Gasteiger partial charge in [0.25, 0.3) is 0 Å². The first-order chi connectivity index (χ1) is 7.08. The van der Waals surface area contributed by atoms with E-state index >= 15 is 0 Å². The number of halogens is 2. The highest BCUT2D eigenvalue weighted by Crippen LogP contribution is 2.22. The van der Waals surface area contributed by atoms with Crippen molar-refractivity contribution in [1.82, 2.24) is 0 Å². The van der Waals surface area contributed by atoms with Crippen LogP contribution in [0.2, 0.25) is 0 Å². The second kappa shape index (κ2) is 5.07. The summed E-state index contributed by atoms with van der Waals surface area (Å²) in [5.74, 6) is -2.08. The topological polar surface area (TPSA) is 29.5 Å². The fourth-order valence-electron chi connectivity index (χ4n) is 1.30. The number of ether oxygens (including phenoxy) is 1. The smallest absolute Gasteiger partial charge is 0.200 e. The normalized spacial score (nSPS) is 12.6. The van der Waals surface area contributed by atoms with Crippen LogP contribution < -0.4 is 4.74 Å². The largest absolute Gasteiger partial charge is 0.494 e. The Labute approximate surface area is 87.5 Å². The molecule has 0 spiro atoms. The summed E-state index contributed by atoms with van der Waals surface area (Å²) in [6.45, 7) is 1.82. The van der Waals surface area contributed by atoms with Crippen molar-refractivity contribution in [2.24, 2.45) is 0 Å². The molecule has 0 bridgehead atoms. The molecule has 0 radical (unpaired) electrons. The minimum atomic E-state index is -0.993. The predicted molar refractivity (Wildman–Crippen MR) is 52.9 cm³/mol. The van der Waals surface area contributed by atoms with Crippen molar-refractivity contribution in [3.05, 3.63) is 29.3 Å². The number of hydrogen-bond donors (Lipinski definition) is 1. The van der Waals surface area contributed by atoms with Crippen LogP contribution in [-0.4, -0.2) is 18.3 Å². The van der Waals surface area contributed by atoms with Gasteiger partial charge in [0.2, 0.25) is 5.82 Å². The van der Waals surface area contributed by atoms with E-state index in [1.54, 1.807) is 0 Å². The van der Waals surface area contributed by atoms with E-state index in [1.807, 2.05) is 6.92 Å². The van der Waals surface area contributed by atoms with Crippen LogP contribution >= 0.6 is 0 Å². The average molecular weight is 216 g/mol. The molecule has 0 saturated carbocycles. The van der Waals surface area contributed by atoms with Crippen LogP contribution in [0.25, 0.3) is 0 Å². The van der Waals surface area contributed by atoms with E-state index in [9.17, 15) is 13.9 Å². The van der Waals surface area contributed by atoms with Crippen molar-refractivity contribution >= 4 is 0 Å². The van der Waals surface area contributed by atoms with E-state index in [0.29, 0.717) is 18.4 Å². The third-order valence-corrected chi connectivity index (χ3v) is 2.22. The van der Waals surface area contributed by atoms with Gasteiger partial charge < -0.3 is 9.84 Å². The molecule has 4 heteroatoms. The number of rotatable bonds is 4. The van der Waals surface area contributed by atoms with Gasteiger partial charge in [-0.3, -0.25) is 0 Å². The fourth-order valence-corrected chi connectivity index (χ4v) is 1.30. The molecular formula is C11H14F2O2. The molecule has 0 heterocycles. The lowest BCUT2D eigenvalue weighted by Crippen LogP contribution is -2.09. The van der Waals surface area contributed by atoms with Crippen LogP contribution in [0.5, 0.6) is 5.75 Å². The summed E-state index contributed by atoms with van der Waals surface area (Å²) >= 11 is 0.